The van der Waals surface area contributed by atoms with Gasteiger partial charge < -0.3 is 19.9 Å². The van der Waals surface area contributed by atoms with E-state index in [4.69, 9.17) is 4.74 Å². The van der Waals surface area contributed by atoms with E-state index in [2.05, 4.69) is 56.5 Å². The maximum atomic E-state index is 5.76. The molecule has 2 aromatic carbocycles. The van der Waals surface area contributed by atoms with Gasteiger partial charge >= 0.3 is 0 Å². The molecule has 0 aromatic heterocycles. The topological polar surface area (TPSA) is 40.1 Å². The van der Waals surface area contributed by atoms with E-state index in [1.165, 1.54) is 11.3 Å². The Morgan fingerprint density at radius 2 is 1.75 bits per heavy atom. The minimum absolute atomic E-state index is 0. The number of guanidine groups is 1. The van der Waals surface area contributed by atoms with Crippen LogP contribution in [0.15, 0.2) is 71.7 Å². The van der Waals surface area contributed by atoms with Gasteiger partial charge in [0.1, 0.15) is 12.4 Å². The third-order valence-electron chi connectivity index (χ3n) is 4.58. The third-order valence-corrected chi connectivity index (χ3v) is 4.58. The smallest absolute Gasteiger partial charge is 0.193 e. The minimum Gasteiger partial charge on any atom is -0.492 e. The van der Waals surface area contributed by atoms with Gasteiger partial charge in [-0.15, -0.1) is 24.0 Å². The van der Waals surface area contributed by atoms with Crippen LogP contribution in [-0.2, 0) is 6.54 Å². The quantitative estimate of drug-likeness (QED) is 0.277. The Kier molecular flexibility index (Phi) is 9.13. The Labute approximate surface area is 185 Å². The number of halogens is 1. The molecule has 0 amide bonds. The van der Waals surface area contributed by atoms with Crippen molar-refractivity contribution in [3.63, 3.8) is 0 Å². The van der Waals surface area contributed by atoms with E-state index in [0.717, 1.165) is 37.9 Å². The predicted molar refractivity (Wildman–Crippen MR) is 128 cm³/mol. The predicted octanol–water partition coefficient (Wildman–Crippen LogP) is 3.77. The Bertz CT molecular complexity index is 754. The van der Waals surface area contributed by atoms with Crippen LogP contribution >= 0.6 is 24.0 Å². The number of nitrogens with one attached hydrogen (secondary N) is 1. The minimum atomic E-state index is 0. The fourth-order valence-electron chi connectivity index (χ4n) is 3.00. The second-order valence-corrected chi connectivity index (χ2v) is 6.53. The molecule has 0 radical (unpaired) electrons. The molecule has 0 unspecified atom stereocenters. The summed E-state index contributed by atoms with van der Waals surface area (Å²) in [5.74, 6) is 1.75. The Balaban J connectivity index is 0.00000280. The Hall–Kier alpha value is -2.22. The van der Waals surface area contributed by atoms with E-state index in [1.54, 1.807) is 7.05 Å². The molecular formula is C22H29IN4O. The number of likely N-dealkylation sites (N-methyl/N-ethyl adjacent to an activating group) is 1. The number of anilines is 1. The van der Waals surface area contributed by atoms with Gasteiger partial charge in [0.05, 0.1) is 6.54 Å². The van der Waals surface area contributed by atoms with Gasteiger partial charge in [-0.25, -0.2) is 0 Å². The summed E-state index contributed by atoms with van der Waals surface area (Å²) in [6, 6.07) is 18.6. The largest absolute Gasteiger partial charge is 0.492 e. The number of nitrogens with zero attached hydrogens (tertiary/aromatic N) is 3. The molecule has 1 heterocycles. The van der Waals surface area contributed by atoms with Crippen LogP contribution in [0.2, 0.25) is 0 Å². The number of rotatable bonds is 7. The molecule has 5 nitrogen and oxygen atoms in total. The van der Waals surface area contributed by atoms with Crippen molar-refractivity contribution in [2.45, 2.75) is 6.54 Å². The number of ether oxygens (including phenoxy) is 1. The fourth-order valence-corrected chi connectivity index (χ4v) is 3.00. The molecule has 0 spiro atoms. The molecule has 0 saturated carbocycles. The number of para-hydroxylation sites is 1. The Morgan fingerprint density at radius 3 is 2.39 bits per heavy atom. The molecule has 0 atom stereocenters. The molecule has 0 aliphatic carbocycles. The molecule has 0 saturated heterocycles. The highest BCUT2D eigenvalue weighted by molar-refractivity contribution is 14.0. The van der Waals surface area contributed by atoms with Gasteiger partial charge in [0.25, 0.3) is 0 Å². The van der Waals surface area contributed by atoms with Gasteiger partial charge in [-0.3, -0.25) is 4.99 Å². The molecule has 1 aliphatic heterocycles. The van der Waals surface area contributed by atoms with Crippen LogP contribution in [0.4, 0.5) is 5.69 Å². The molecule has 3 rings (SSSR count). The highest BCUT2D eigenvalue weighted by Crippen LogP contribution is 2.17. The van der Waals surface area contributed by atoms with Gasteiger partial charge in [0, 0.05) is 39.4 Å². The lowest BCUT2D eigenvalue weighted by Crippen LogP contribution is -2.40. The summed E-state index contributed by atoms with van der Waals surface area (Å²) in [5, 5.41) is 3.42. The van der Waals surface area contributed by atoms with Crippen molar-refractivity contribution in [1.29, 1.82) is 0 Å². The van der Waals surface area contributed by atoms with Gasteiger partial charge in [-0.1, -0.05) is 42.5 Å². The molecule has 0 bridgehead atoms. The highest BCUT2D eigenvalue weighted by Gasteiger charge is 2.08. The molecule has 150 valence electrons. The average Bonchev–Trinajstić information content (AvgIpc) is 3.25. The number of hydrogen-bond acceptors (Lipinski definition) is 3. The fraction of sp³-hybridized carbons (Fsp3) is 0.318. The van der Waals surface area contributed by atoms with Crippen LogP contribution in [0.5, 0.6) is 5.75 Å². The van der Waals surface area contributed by atoms with Crippen LogP contribution in [0.1, 0.15) is 5.56 Å². The van der Waals surface area contributed by atoms with E-state index in [0.29, 0.717) is 6.61 Å². The normalized spacial score (nSPS) is 13.2. The third kappa shape index (κ3) is 6.44. The van der Waals surface area contributed by atoms with Crippen LogP contribution in [0, 0.1) is 0 Å². The van der Waals surface area contributed by atoms with Crippen LogP contribution in [0.25, 0.3) is 0 Å². The maximum Gasteiger partial charge on any atom is 0.193 e. The first-order chi connectivity index (χ1) is 13.3. The lowest BCUT2D eigenvalue weighted by Gasteiger charge is -2.22. The standard InChI is InChI=1S/C22H28N4O.HI/c1-23-22(25(2)16-17-27-21-8-4-3-5-9-21)24-18-19-10-12-20(13-11-19)26-14-6-7-15-26;/h3-13H,14-18H2,1-2H3,(H,23,24);1H. The van der Waals surface area contributed by atoms with Crippen molar-refractivity contribution < 1.29 is 4.74 Å². The maximum absolute atomic E-state index is 5.76. The first kappa shape index (κ1) is 22.1. The van der Waals surface area contributed by atoms with Gasteiger partial charge in [-0.05, 0) is 29.8 Å². The monoisotopic (exact) mass is 492 g/mol. The summed E-state index contributed by atoms with van der Waals surface area (Å²) in [6.07, 6.45) is 4.41. The summed E-state index contributed by atoms with van der Waals surface area (Å²) in [7, 11) is 3.83. The SMILES string of the molecule is CN=C(NCc1ccc(N2CC=CC2)cc1)N(C)CCOc1ccccc1.I. The zero-order valence-corrected chi connectivity index (χ0v) is 18.9. The molecule has 6 heteroatoms. The summed E-state index contributed by atoms with van der Waals surface area (Å²) in [6.45, 7) is 4.12. The lowest BCUT2D eigenvalue weighted by atomic mass is 10.2. The average molecular weight is 492 g/mol. The zero-order chi connectivity index (χ0) is 18.9. The first-order valence-corrected chi connectivity index (χ1v) is 9.35. The number of hydrogen-bond donors (Lipinski definition) is 1. The van der Waals surface area contributed by atoms with Gasteiger partial charge in [0.15, 0.2) is 5.96 Å². The molecule has 1 N–H and O–H groups in total. The highest BCUT2D eigenvalue weighted by atomic mass is 127. The summed E-state index contributed by atoms with van der Waals surface area (Å²) >= 11 is 0. The zero-order valence-electron chi connectivity index (χ0n) is 16.5. The first-order valence-electron chi connectivity index (χ1n) is 9.35. The summed E-state index contributed by atoms with van der Waals surface area (Å²) in [4.78, 5) is 8.79. The van der Waals surface area contributed by atoms with Crippen LogP contribution in [0.3, 0.4) is 0 Å². The summed E-state index contributed by atoms with van der Waals surface area (Å²) in [5.41, 5.74) is 2.50. The van der Waals surface area contributed by atoms with Gasteiger partial charge in [0.2, 0.25) is 0 Å². The molecule has 1 aliphatic rings. The van der Waals surface area contributed by atoms with Gasteiger partial charge in [-0.2, -0.15) is 0 Å². The second kappa shape index (κ2) is 11.6. The molecule has 28 heavy (non-hydrogen) atoms. The van der Waals surface area contributed by atoms with Crippen molar-refractivity contribution in [3.05, 3.63) is 72.3 Å². The molecule has 2 aromatic rings. The van der Waals surface area contributed by atoms with Crippen molar-refractivity contribution in [2.24, 2.45) is 4.99 Å². The van der Waals surface area contributed by atoms with E-state index >= 15 is 0 Å². The summed E-state index contributed by atoms with van der Waals surface area (Å²) < 4.78 is 5.76. The van der Waals surface area contributed by atoms with Crippen molar-refractivity contribution in [3.8, 4) is 5.75 Å². The van der Waals surface area contributed by atoms with Crippen LogP contribution < -0.4 is 15.0 Å². The van der Waals surface area contributed by atoms with Crippen molar-refractivity contribution in [2.75, 3.05) is 45.2 Å². The second-order valence-electron chi connectivity index (χ2n) is 6.53. The van der Waals surface area contributed by atoms with E-state index in [1.807, 2.05) is 37.4 Å². The molecular weight excluding hydrogens is 463 g/mol. The van der Waals surface area contributed by atoms with Crippen LogP contribution in [-0.4, -0.2) is 51.2 Å². The van der Waals surface area contributed by atoms with E-state index < -0.39 is 0 Å². The van der Waals surface area contributed by atoms with Crippen molar-refractivity contribution in [1.82, 2.24) is 10.2 Å². The molecule has 0 fully saturated rings. The van der Waals surface area contributed by atoms with E-state index in [9.17, 15) is 0 Å². The number of benzene rings is 2. The van der Waals surface area contributed by atoms with E-state index in [-0.39, 0.29) is 24.0 Å². The van der Waals surface area contributed by atoms with Crippen molar-refractivity contribution >= 4 is 35.6 Å². The lowest BCUT2D eigenvalue weighted by molar-refractivity contribution is 0.281. The number of aliphatic imine (C=N–C) groups is 1. The Morgan fingerprint density at radius 1 is 1.07 bits per heavy atom.